The first-order valence-electron chi connectivity index (χ1n) is 8.68. The van der Waals surface area contributed by atoms with E-state index >= 15 is 0 Å². The Bertz CT molecular complexity index is 551. The van der Waals surface area contributed by atoms with Crippen molar-refractivity contribution >= 4 is 21.5 Å². The van der Waals surface area contributed by atoms with Gasteiger partial charge in [-0.2, -0.15) is 12.7 Å². The maximum Gasteiger partial charge on any atom is 0.279 e. The Hall–Kier alpha value is -0.510. The van der Waals surface area contributed by atoms with Crippen LogP contribution in [0.25, 0.3) is 0 Å². The lowest BCUT2D eigenvalue weighted by Crippen LogP contribution is -2.47. The number of ether oxygens (including phenoxy) is 1. The van der Waals surface area contributed by atoms with Gasteiger partial charge in [-0.05, 0) is 24.3 Å². The molecule has 0 amide bonds. The summed E-state index contributed by atoms with van der Waals surface area (Å²) in [5.74, 6) is 0. The Morgan fingerprint density at radius 2 is 1.96 bits per heavy atom. The van der Waals surface area contributed by atoms with Crippen LogP contribution in [-0.4, -0.2) is 63.6 Å². The highest BCUT2D eigenvalue weighted by molar-refractivity contribution is 7.87. The van der Waals surface area contributed by atoms with E-state index in [9.17, 15) is 8.42 Å². The Balaban J connectivity index is 2.06. The summed E-state index contributed by atoms with van der Waals surface area (Å²) in [6.45, 7) is 8.58. The first-order valence-corrected chi connectivity index (χ1v) is 11.0. The van der Waals surface area contributed by atoms with Crippen LogP contribution in [0.5, 0.6) is 0 Å². The molecule has 138 valence electrons. The van der Waals surface area contributed by atoms with Crippen molar-refractivity contribution in [1.82, 2.24) is 13.9 Å². The Morgan fingerprint density at radius 1 is 1.29 bits per heavy atom. The molecular formula is C16H29N3O3S2. The summed E-state index contributed by atoms with van der Waals surface area (Å²) in [6.07, 6.45) is 1.64. The molecule has 0 radical (unpaired) electrons. The minimum atomic E-state index is -3.44. The second-order valence-corrected chi connectivity index (χ2v) is 8.67. The number of hydrogen-bond donors (Lipinski definition) is 1. The summed E-state index contributed by atoms with van der Waals surface area (Å²) in [6, 6.07) is 4.16. The summed E-state index contributed by atoms with van der Waals surface area (Å²) < 4.78 is 35.1. The highest BCUT2D eigenvalue weighted by atomic mass is 32.2. The summed E-state index contributed by atoms with van der Waals surface area (Å²) in [7, 11) is -3.44. The molecule has 2 rings (SSSR count). The molecule has 1 fully saturated rings. The topological polar surface area (TPSA) is 61.9 Å². The average Bonchev–Trinajstić information content (AvgIpc) is 3.10. The standard InChI is InChI=1S/C16H29N3O3S2/c1-3-7-19(8-4-2)24(20,21)17-14-15(16-6-5-13-23-16)18-9-11-22-12-10-18/h5-6,13,15,17H,3-4,7-12,14H2,1-2H3/t15-/m0/s1. The maximum absolute atomic E-state index is 12.6. The van der Waals surface area contributed by atoms with Gasteiger partial charge in [0.25, 0.3) is 10.2 Å². The molecule has 1 aliphatic rings. The molecule has 0 unspecified atom stereocenters. The molecule has 0 bridgehead atoms. The fourth-order valence-corrected chi connectivity index (χ4v) is 5.16. The molecule has 24 heavy (non-hydrogen) atoms. The van der Waals surface area contributed by atoms with E-state index in [-0.39, 0.29) is 6.04 Å². The van der Waals surface area contributed by atoms with Crippen LogP contribution in [-0.2, 0) is 14.9 Å². The van der Waals surface area contributed by atoms with Crippen LogP contribution in [0.2, 0.25) is 0 Å². The van der Waals surface area contributed by atoms with Crippen molar-refractivity contribution in [2.24, 2.45) is 0 Å². The molecule has 6 nitrogen and oxygen atoms in total. The third-order valence-corrected chi connectivity index (χ3v) is 6.65. The second kappa shape index (κ2) is 9.84. The minimum Gasteiger partial charge on any atom is -0.379 e. The molecule has 0 aliphatic carbocycles. The third-order valence-electron chi connectivity index (χ3n) is 4.10. The quantitative estimate of drug-likeness (QED) is 0.680. The summed E-state index contributed by atoms with van der Waals surface area (Å²) >= 11 is 1.67. The summed E-state index contributed by atoms with van der Waals surface area (Å²) in [4.78, 5) is 3.50. The van der Waals surface area contributed by atoms with Crippen molar-refractivity contribution in [3.8, 4) is 0 Å². The van der Waals surface area contributed by atoms with Crippen molar-refractivity contribution in [2.75, 3.05) is 45.9 Å². The molecule has 0 saturated carbocycles. The van der Waals surface area contributed by atoms with Crippen LogP contribution in [0.1, 0.15) is 37.6 Å². The zero-order valence-corrected chi connectivity index (χ0v) is 16.2. The highest BCUT2D eigenvalue weighted by Gasteiger charge is 2.27. The molecule has 1 aromatic rings. The van der Waals surface area contributed by atoms with Crippen LogP contribution < -0.4 is 4.72 Å². The summed E-state index contributed by atoms with van der Waals surface area (Å²) in [5.41, 5.74) is 0. The molecule has 2 heterocycles. The lowest BCUT2D eigenvalue weighted by Gasteiger charge is -2.34. The lowest BCUT2D eigenvalue weighted by atomic mass is 10.2. The van der Waals surface area contributed by atoms with Gasteiger partial charge in [0.15, 0.2) is 0 Å². The molecule has 1 N–H and O–H groups in total. The van der Waals surface area contributed by atoms with E-state index in [1.807, 2.05) is 25.3 Å². The fraction of sp³-hybridized carbons (Fsp3) is 0.750. The predicted octanol–water partition coefficient (Wildman–Crippen LogP) is 2.08. The van der Waals surface area contributed by atoms with Crippen molar-refractivity contribution < 1.29 is 13.2 Å². The van der Waals surface area contributed by atoms with Crippen LogP contribution >= 0.6 is 11.3 Å². The first kappa shape index (κ1) is 19.8. The molecule has 0 spiro atoms. The van der Waals surface area contributed by atoms with E-state index in [2.05, 4.69) is 15.7 Å². The lowest BCUT2D eigenvalue weighted by molar-refractivity contribution is 0.0178. The van der Waals surface area contributed by atoms with Gasteiger partial charge in [-0.15, -0.1) is 11.3 Å². The van der Waals surface area contributed by atoms with Crippen LogP contribution in [0.3, 0.4) is 0 Å². The van der Waals surface area contributed by atoms with Gasteiger partial charge in [0.1, 0.15) is 0 Å². The van der Waals surface area contributed by atoms with Gasteiger partial charge in [0, 0.05) is 37.6 Å². The zero-order chi connectivity index (χ0) is 17.4. The highest BCUT2D eigenvalue weighted by Crippen LogP contribution is 2.25. The largest absolute Gasteiger partial charge is 0.379 e. The van der Waals surface area contributed by atoms with Gasteiger partial charge in [-0.3, -0.25) is 4.90 Å². The number of nitrogens with zero attached hydrogens (tertiary/aromatic N) is 2. The summed E-state index contributed by atoms with van der Waals surface area (Å²) in [5, 5.41) is 2.04. The Morgan fingerprint density at radius 3 is 2.50 bits per heavy atom. The fourth-order valence-electron chi connectivity index (χ4n) is 2.91. The van der Waals surface area contributed by atoms with E-state index in [0.29, 0.717) is 32.8 Å². The number of nitrogens with one attached hydrogen (secondary N) is 1. The van der Waals surface area contributed by atoms with Crippen LogP contribution in [0.4, 0.5) is 0 Å². The van der Waals surface area contributed by atoms with E-state index in [1.54, 1.807) is 15.6 Å². The van der Waals surface area contributed by atoms with Crippen molar-refractivity contribution in [1.29, 1.82) is 0 Å². The van der Waals surface area contributed by atoms with Crippen molar-refractivity contribution in [2.45, 2.75) is 32.7 Å². The van der Waals surface area contributed by atoms with E-state index in [0.717, 1.165) is 25.9 Å². The minimum absolute atomic E-state index is 0.0637. The third kappa shape index (κ3) is 5.50. The smallest absolute Gasteiger partial charge is 0.279 e. The molecule has 8 heteroatoms. The number of morpholine rings is 1. The van der Waals surface area contributed by atoms with Gasteiger partial charge in [-0.1, -0.05) is 19.9 Å². The van der Waals surface area contributed by atoms with E-state index in [4.69, 9.17) is 4.74 Å². The van der Waals surface area contributed by atoms with E-state index < -0.39 is 10.2 Å². The number of rotatable bonds is 10. The second-order valence-electron chi connectivity index (χ2n) is 5.93. The first-order chi connectivity index (χ1) is 11.6. The van der Waals surface area contributed by atoms with Gasteiger partial charge in [-0.25, -0.2) is 4.72 Å². The number of hydrogen-bond acceptors (Lipinski definition) is 5. The van der Waals surface area contributed by atoms with Gasteiger partial charge < -0.3 is 4.74 Å². The van der Waals surface area contributed by atoms with Crippen LogP contribution in [0.15, 0.2) is 17.5 Å². The average molecular weight is 376 g/mol. The normalized spacial score (nSPS) is 18.1. The molecule has 1 aliphatic heterocycles. The molecule has 0 aromatic carbocycles. The monoisotopic (exact) mass is 375 g/mol. The maximum atomic E-state index is 12.6. The Kier molecular flexibility index (Phi) is 8.12. The molecule has 1 saturated heterocycles. The van der Waals surface area contributed by atoms with Gasteiger partial charge in [0.05, 0.1) is 19.3 Å². The van der Waals surface area contributed by atoms with Crippen molar-refractivity contribution in [3.05, 3.63) is 22.4 Å². The zero-order valence-electron chi connectivity index (χ0n) is 14.6. The predicted molar refractivity (Wildman–Crippen MR) is 98.5 cm³/mol. The Labute approximate surface area is 150 Å². The van der Waals surface area contributed by atoms with Crippen LogP contribution in [0, 0.1) is 0 Å². The van der Waals surface area contributed by atoms with Gasteiger partial charge >= 0.3 is 0 Å². The van der Waals surface area contributed by atoms with Crippen molar-refractivity contribution in [3.63, 3.8) is 0 Å². The van der Waals surface area contributed by atoms with Gasteiger partial charge in [0.2, 0.25) is 0 Å². The molecule has 1 atom stereocenters. The molecule has 1 aromatic heterocycles. The number of thiophene rings is 1. The SMILES string of the molecule is CCCN(CCC)S(=O)(=O)NC[C@@H](c1cccs1)N1CCOCC1. The molecular weight excluding hydrogens is 346 g/mol. The van der Waals surface area contributed by atoms with E-state index in [1.165, 1.54) is 4.88 Å².